The lowest BCUT2D eigenvalue weighted by molar-refractivity contribution is -0.141. The number of fused-ring (bicyclic) bond motifs is 2. The number of aromatic hydroxyl groups is 1. The monoisotopic (exact) mass is 1120 g/mol. The number of piperazine rings is 1. The number of aliphatic hydroxyl groups is 1. The number of amides is 2. The van der Waals surface area contributed by atoms with Gasteiger partial charge >= 0.3 is 0 Å². The van der Waals surface area contributed by atoms with E-state index in [1.54, 1.807) is 17.6 Å². The standard InChI is InChI=1S/C60H75N13O7S/c1-35(2)55(60(77)72-33-43(74)25-50(72)59(76)65-36(3)38-8-10-39(11-9-38)56-58(62)64-34-81-56)52-29-53(68-80-52)70-22-15-37(16-23-70)30-69-20-17-44(18-21-69)78-45-26-46(27-45)79-54-24-40(14-19-63-54)73-41-12-13-42(73)32-71(31-41)49-28-48(66-67-57(49)61)47-6-4-5-7-51(47)75/h4-11,14,19,24,28-29,34-37,41-46,50,55,74-75H,12-13,15-18,20-23,25-27,30-33,62H2,1-3H3,(H2,61,67)(H,65,76)/t36-,41?,42?,43+,45?,46?,50-,55+/m0/s1. The summed E-state index contributed by atoms with van der Waals surface area (Å²) < 4.78 is 19.0. The molecule has 4 aromatic heterocycles. The zero-order valence-corrected chi connectivity index (χ0v) is 47.2. The van der Waals surface area contributed by atoms with Crippen LogP contribution in [0, 0.1) is 11.8 Å². The Kier molecular flexibility index (Phi) is 15.8. The Morgan fingerprint density at radius 2 is 1.57 bits per heavy atom. The lowest BCUT2D eigenvalue weighted by Gasteiger charge is -2.43. The number of para-hydroxylation sites is 1. The number of phenolic OH excluding ortho intramolecular Hbond substituents is 1. The van der Waals surface area contributed by atoms with Crippen LogP contribution in [0.15, 0.2) is 89.0 Å². The van der Waals surface area contributed by atoms with E-state index in [4.69, 9.17) is 25.5 Å². The molecular weight excluding hydrogens is 1050 g/mol. The SMILES string of the molecule is CC(C)[C@@H](C(=O)N1C[C@H](O)C[C@H]1C(=O)N[C@@H](C)c1ccc(-c2scnc2N)cc1)c1cc(N2CCC(CN3CCC(OC4CC(Oc5cc(N6C7CCC6CN(c6cc(-c8ccccc8O)nnc6N)C7)ccn5)C4)CC3)CC2)no1. The van der Waals surface area contributed by atoms with Crippen molar-refractivity contribution in [3.8, 4) is 33.3 Å². The van der Waals surface area contributed by atoms with Gasteiger partial charge in [-0.25, -0.2) is 9.97 Å². The number of hydrogen-bond donors (Lipinski definition) is 5. The molecule has 2 amide bonds. The number of β-amino-alcohol motifs (C(OH)–C–C–N with tert-alkyl or cyclic N) is 1. The van der Waals surface area contributed by atoms with Crippen LogP contribution in [0.2, 0.25) is 0 Å². The summed E-state index contributed by atoms with van der Waals surface area (Å²) in [6.07, 6.45) is 9.78. The Balaban J connectivity index is 0.564. The Morgan fingerprint density at radius 1 is 0.815 bits per heavy atom. The number of piperidine rings is 2. The molecule has 6 atom stereocenters. The molecule has 0 spiro atoms. The first-order valence-corrected chi connectivity index (χ1v) is 29.9. The molecule has 5 saturated heterocycles. The predicted molar refractivity (Wildman–Crippen MR) is 311 cm³/mol. The van der Waals surface area contributed by atoms with Gasteiger partial charge in [-0.15, -0.1) is 21.5 Å². The summed E-state index contributed by atoms with van der Waals surface area (Å²) in [6.45, 7) is 12.4. The Morgan fingerprint density at radius 3 is 2.28 bits per heavy atom. The first-order valence-electron chi connectivity index (χ1n) is 29.0. The highest BCUT2D eigenvalue weighted by Crippen LogP contribution is 2.41. The number of carbonyl (C=O) groups excluding carboxylic acids is 2. The second-order valence-electron chi connectivity index (χ2n) is 23.6. The molecule has 7 N–H and O–H groups in total. The maximum absolute atomic E-state index is 14.4. The number of carbonyl (C=O) groups is 2. The third kappa shape index (κ3) is 11.7. The third-order valence-electron chi connectivity index (χ3n) is 17.8. The molecule has 12 rings (SSSR count). The fraction of sp³-hybridized carbons (Fsp3) is 0.517. The Bertz CT molecular complexity index is 3140. The number of thiazole rings is 1. The van der Waals surface area contributed by atoms with Crippen molar-refractivity contribution in [2.45, 2.75) is 133 Å². The number of hydrogen-bond acceptors (Lipinski definition) is 19. The number of likely N-dealkylation sites (tertiary alicyclic amines) is 2. The van der Waals surface area contributed by atoms with E-state index < -0.39 is 18.1 Å². The lowest BCUT2D eigenvalue weighted by atomic mass is 9.91. The van der Waals surface area contributed by atoms with Gasteiger partial charge in [-0.05, 0) is 92.7 Å². The van der Waals surface area contributed by atoms with Crippen LogP contribution in [0.3, 0.4) is 0 Å². The average Bonchev–Trinajstić information content (AvgIpc) is 4.30. The molecule has 1 aliphatic carbocycles. The van der Waals surface area contributed by atoms with Crippen molar-refractivity contribution >= 4 is 52.0 Å². The van der Waals surface area contributed by atoms with Crippen molar-refractivity contribution in [2.75, 3.05) is 78.5 Å². The number of benzene rings is 2. The van der Waals surface area contributed by atoms with E-state index >= 15 is 0 Å². The smallest absolute Gasteiger partial charge is 0.243 e. The van der Waals surface area contributed by atoms with E-state index in [-0.39, 0.29) is 60.8 Å². The zero-order valence-electron chi connectivity index (χ0n) is 46.4. The van der Waals surface area contributed by atoms with Gasteiger partial charge in [0.2, 0.25) is 17.7 Å². The minimum atomic E-state index is -0.817. The van der Waals surface area contributed by atoms with Crippen molar-refractivity contribution in [2.24, 2.45) is 11.8 Å². The molecule has 2 bridgehead atoms. The molecular formula is C60H75N13O7S. The largest absolute Gasteiger partial charge is 0.507 e. The average molecular weight is 1120 g/mol. The summed E-state index contributed by atoms with van der Waals surface area (Å²) in [7, 11) is 0. The van der Waals surface area contributed by atoms with Crippen LogP contribution in [-0.4, -0.2) is 152 Å². The number of nitrogens with zero attached hydrogens (tertiary/aromatic N) is 10. The van der Waals surface area contributed by atoms with Crippen LogP contribution in [-0.2, 0) is 14.3 Å². The van der Waals surface area contributed by atoms with Crippen LogP contribution < -0.4 is 36.2 Å². The van der Waals surface area contributed by atoms with E-state index in [1.165, 1.54) is 16.2 Å². The molecule has 0 radical (unpaired) electrons. The molecule has 2 unspecified atom stereocenters. The minimum absolute atomic E-state index is 0.0726. The van der Waals surface area contributed by atoms with Gasteiger partial charge in [-0.2, -0.15) is 0 Å². The maximum atomic E-state index is 14.4. The van der Waals surface area contributed by atoms with Gasteiger partial charge in [0, 0.05) is 113 Å². The van der Waals surface area contributed by atoms with Gasteiger partial charge in [0.1, 0.15) is 29.6 Å². The van der Waals surface area contributed by atoms with E-state index in [0.717, 1.165) is 130 Å². The number of aliphatic hydroxyl groups excluding tert-OH is 1. The second-order valence-corrected chi connectivity index (χ2v) is 24.4. The molecule has 20 nitrogen and oxygen atoms in total. The Hall–Kier alpha value is -7.07. The van der Waals surface area contributed by atoms with Gasteiger partial charge < -0.3 is 65.5 Å². The number of pyridine rings is 1. The number of rotatable bonds is 17. The van der Waals surface area contributed by atoms with Crippen LogP contribution >= 0.6 is 11.3 Å². The summed E-state index contributed by atoms with van der Waals surface area (Å²) in [4.78, 5) is 49.1. The van der Waals surface area contributed by atoms with E-state index in [0.29, 0.717) is 52.5 Å². The van der Waals surface area contributed by atoms with E-state index in [2.05, 4.69) is 62.4 Å². The first kappa shape index (κ1) is 54.5. The second kappa shape index (κ2) is 23.4. The molecule has 6 fully saturated rings. The van der Waals surface area contributed by atoms with E-state index in [1.807, 2.05) is 75.5 Å². The summed E-state index contributed by atoms with van der Waals surface area (Å²) in [5.41, 5.74) is 19.2. The summed E-state index contributed by atoms with van der Waals surface area (Å²) >= 11 is 1.48. The van der Waals surface area contributed by atoms with Crippen molar-refractivity contribution < 1.29 is 33.8 Å². The topological polar surface area (TPSA) is 251 Å². The molecule has 5 aliphatic heterocycles. The van der Waals surface area contributed by atoms with Crippen LogP contribution in [0.1, 0.15) is 102 Å². The number of nitrogen functional groups attached to an aromatic ring is 2. The normalized spacial score (nSPS) is 24.4. The lowest BCUT2D eigenvalue weighted by Crippen LogP contribution is -2.54. The summed E-state index contributed by atoms with van der Waals surface area (Å²) in [6, 6.07) is 22.5. The number of phenols is 1. The van der Waals surface area contributed by atoms with Crippen molar-refractivity contribution in [3.05, 3.63) is 95.8 Å². The quantitative estimate of drug-likeness (QED) is 0.0602. The molecule has 2 aromatic carbocycles. The van der Waals surface area contributed by atoms with Gasteiger partial charge in [-0.3, -0.25) is 9.59 Å². The van der Waals surface area contributed by atoms with E-state index in [9.17, 15) is 19.8 Å². The highest BCUT2D eigenvalue weighted by Gasteiger charge is 2.45. The third-order valence-corrected chi connectivity index (χ3v) is 18.7. The Labute approximate surface area is 476 Å². The first-order chi connectivity index (χ1) is 39.3. The zero-order chi connectivity index (χ0) is 55.9. The molecule has 6 aromatic rings. The maximum Gasteiger partial charge on any atom is 0.243 e. The number of anilines is 5. The van der Waals surface area contributed by atoms with Crippen LogP contribution in [0.5, 0.6) is 11.6 Å². The van der Waals surface area contributed by atoms with Crippen molar-refractivity contribution in [1.82, 2.24) is 40.4 Å². The van der Waals surface area contributed by atoms with Gasteiger partial charge in [-0.1, -0.05) is 55.4 Å². The minimum Gasteiger partial charge on any atom is -0.507 e. The summed E-state index contributed by atoms with van der Waals surface area (Å²) in [5.74, 6) is 2.13. The van der Waals surface area contributed by atoms with Gasteiger partial charge in [0.15, 0.2) is 17.4 Å². The number of nitrogens with one attached hydrogen (secondary N) is 1. The number of aromatic nitrogens is 5. The molecule has 81 heavy (non-hydrogen) atoms. The number of nitrogens with two attached hydrogens (primary N) is 2. The fourth-order valence-electron chi connectivity index (χ4n) is 13.3. The molecule has 21 heteroatoms. The highest BCUT2D eigenvalue weighted by atomic mass is 32.1. The highest BCUT2D eigenvalue weighted by molar-refractivity contribution is 7.13. The molecule has 6 aliphatic rings. The molecule has 9 heterocycles. The van der Waals surface area contributed by atoms with Gasteiger partial charge in [0.05, 0.1) is 46.1 Å². The predicted octanol–water partition coefficient (Wildman–Crippen LogP) is 7.26. The van der Waals surface area contributed by atoms with Crippen LogP contribution in [0.25, 0.3) is 21.7 Å². The summed E-state index contributed by atoms with van der Waals surface area (Å²) in [5, 5.41) is 37.4. The van der Waals surface area contributed by atoms with Crippen molar-refractivity contribution in [1.29, 1.82) is 0 Å². The molecule has 1 saturated carbocycles. The van der Waals surface area contributed by atoms with Gasteiger partial charge in [0.25, 0.3) is 0 Å². The van der Waals surface area contributed by atoms with Crippen LogP contribution in [0.4, 0.5) is 28.8 Å². The molecule has 428 valence electrons. The number of ether oxygens (including phenoxy) is 2. The van der Waals surface area contributed by atoms with Crippen molar-refractivity contribution in [3.63, 3.8) is 0 Å². The fourth-order valence-corrected chi connectivity index (χ4v) is 14.0.